The first-order chi connectivity index (χ1) is 13.6. The smallest absolute Gasteiger partial charge is 0.313 e. The van der Waals surface area contributed by atoms with Crippen LogP contribution in [0.5, 0.6) is 11.5 Å². The summed E-state index contributed by atoms with van der Waals surface area (Å²) in [5.74, 6) is -0.389. The molecule has 0 radical (unpaired) electrons. The lowest BCUT2D eigenvalue weighted by molar-refractivity contribution is -0.144. The van der Waals surface area contributed by atoms with Crippen molar-refractivity contribution in [2.45, 2.75) is 19.3 Å². The molecule has 0 saturated carbocycles. The number of esters is 1. The Hall–Kier alpha value is -3.00. The summed E-state index contributed by atoms with van der Waals surface area (Å²) in [5, 5.41) is 0. The van der Waals surface area contributed by atoms with Gasteiger partial charge in [-0.15, -0.1) is 0 Å². The van der Waals surface area contributed by atoms with Gasteiger partial charge in [0.05, 0.1) is 38.5 Å². The number of carbonyl (C=O) groups is 2. The fraction of sp³-hybridized carbons (Fsp3) is 0.300. The zero-order chi connectivity index (χ0) is 20.1. The molecule has 0 bridgehead atoms. The summed E-state index contributed by atoms with van der Waals surface area (Å²) in [6.45, 7) is 1.97. The Morgan fingerprint density at radius 3 is 2.46 bits per heavy atom. The maximum atomic E-state index is 12.9. The van der Waals surface area contributed by atoms with E-state index >= 15 is 0 Å². The summed E-state index contributed by atoms with van der Waals surface area (Å²) in [7, 11) is 3.03. The Kier molecular flexibility index (Phi) is 6.20. The first-order valence-corrected chi connectivity index (χ1v) is 9.44. The third kappa shape index (κ3) is 4.12. The molecule has 3 aromatic rings. The van der Waals surface area contributed by atoms with Crippen LogP contribution in [-0.4, -0.2) is 41.3 Å². The van der Waals surface area contributed by atoms with E-state index in [2.05, 4.69) is 8.75 Å². The lowest BCUT2D eigenvalue weighted by Crippen LogP contribution is -2.19. The summed E-state index contributed by atoms with van der Waals surface area (Å²) < 4.78 is 24.0. The van der Waals surface area contributed by atoms with Crippen LogP contribution in [0.1, 0.15) is 35.2 Å². The molecule has 28 heavy (non-hydrogen) atoms. The van der Waals surface area contributed by atoms with E-state index in [1.807, 2.05) is 0 Å². The van der Waals surface area contributed by atoms with Crippen molar-refractivity contribution in [3.05, 3.63) is 47.5 Å². The van der Waals surface area contributed by atoms with Gasteiger partial charge in [0.1, 0.15) is 11.0 Å². The number of rotatable bonds is 8. The third-order valence-corrected chi connectivity index (χ3v) is 4.90. The van der Waals surface area contributed by atoms with Crippen LogP contribution in [0.25, 0.3) is 11.0 Å². The molecule has 0 amide bonds. The van der Waals surface area contributed by atoms with Crippen LogP contribution in [0.15, 0.2) is 36.4 Å². The van der Waals surface area contributed by atoms with E-state index in [9.17, 15) is 9.59 Å². The Bertz CT molecular complexity index is 1000. The van der Waals surface area contributed by atoms with E-state index in [1.54, 1.807) is 43.3 Å². The molecule has 1 heterocycles. The number of ether oxygens (including phenoxy) is 3. The third-order valence-electron chi connectivity index (χ3n) is 4.35. The van der Waals surface area contributed by atoms with Gasteiger partial charge in [0.25, 0.3) is 0 Å². The summed E-state index contributed by atoms with van der Waals surface area (Å²) in [6, 6.07) is 10.3. The SMILES string of the molecule is CCOC(=O)C(CC(=O)c1ccc(OC)c(OC)c1)c1ccc2nsnc2c1. The number of aromatic nitrogens is 2. The fourth-order valence-corrected chi connectivity index (χ4v) is 3.43. The van der Waals surface area contributed by atoms with E-state index in [0.29, 0.717) is 28.1 Å². The van der Waals surface area contributed by atoms with Crippen LogP contribution in [0, 0.1) is 0 Å². The number of hydrogen-bond acceptors (Lipinski definition) is 8. The Labute approximate surface area is 166 Å². The largest absolute Gasteiger partial charge is 0.493 e. The van der Waals surface area contributed by atoms with Gasteiger partial charge in [-0.25, -0.2) is 0 Å². The Morgan fingerprint density at radius 2 is 1.75 bits per heavy atom. The lowest BCUT2D eigenvalue weighted by atomic mass is 9.91. The molecule has 8 heteroatoms. The number of carbonyl (C=O) groups excluding carboxylic acids is 2. The van der Waals surface area contributed by atoms with E-state index in [0.717, 1.165) is 17.2 Å². The number of fused-ring (bicyclic) bond motifs is 1. The molecule has 0 aliphatic rings. The van der Waals surface area contributed by atoms with Gasteiger partial charge in [-0.05, 0) is 42.8 Å². The molecular weight excluding hydrogens is 380 g/mol. The molecule has 0 aliphatic carbocycles. The van der Waals surface area contributed by atoms with Crippen LogP contribution in [0.4, 0.5) is 0 Å². The minimum absolute atomic E-state index is 0.0304. The van der Waals surface area contributed by atoms with Crippen molar-refractivity contribution >= 4 is 34.5 Å². The van der Waals surface area contributed by atoms with Crippen molar-refractivity contribution in [3.63, 3.8) is 0 Å². The quantitative estimate of drug-likeness (QED) is 0.421. The molecule has 1 atom stereocenters. The molecule has 1 aromatic heterocycles. The standard InChI is InChI=1S/C20H20N2O5S/c1-4-27-20(24)14(12-5-7-15-16(9-12)22-28-21-15)11-17(23)13-6-8-18(25-2)19(10-13)26-3/h5-10,14H,4,11H2,1-3H3. The molecule has 7 nitrogen and oxygen atoms in total. The van der Waals surface area contributed by atoms with Crippen LogP contribution < -0.4 is 9.47 Å². The molecule has 3 rings (SSSR count). The van der Waals surface area contributed by atoms with E-state index < -0.39 is 11.9 Å². The second kappa shape index (κ2) is 8.79. The van der Waals surface area contributed by atoms with E-state index in [4.69, 9.17) is 14.2 Å². The molecule has 0 fully saturated rings. The highest BCUT2D eigenvalue weighted by Crippen LogP contribution is 2.30. The fourth-order valence-electron chi connectivity index (χ4n) is 2.91. The maximum absolute atomic E-state index is 12.9. The van der Waals surface area contributed by atoms with Crippen molar-refractivity contribution in [3.8, 4) is 11.5 Å². The highest BCUT2D eigenvalue weighted by atomic mass is 32.1. The van der Waals surface area contributed by atoms with Gasteiger partial charge in [-0.3, -0.25) is 9.59 Å². The van der Waals surface area contributed by atoms with Crippen LogP contribution in [0.3, 0.4) is 0 Å². The molecule has 2 aromatic carbocycles. The number of ketones is 1. The first kappa shape index (κ1) is 19.8. The molecule has 0 N–H and O–H groups in total. The van der Waals surface area contributed by atoms with Crippen LogP contribution >= 0.6 is 11.7 Å². The van der Waals surface area contributed by atoms with Gasteiger partial charge in [-0.2, -0.15) is 8.75 Å². The maximum Gasteiger partial charge on any atom is 0.313 e. The summed E-state index contributed by atoms with van der Waals surface area (Å²) in [6.07, 6.45) is -0.0304. The average molecular weight is 400 g/mol. The number of nitrogens with zero attached hydrogens (tertiary/aromatic N) is 2. The van der Waals surface area contributed by atoms with Crippen molar-refractivity contribution in [2.24, 2.45) is 0 Å². The van der Waals surface area contributed by atoms with Gasteiger partial charge in [0.15, 0.2) is 17.3 Å². The number of benzene rings is 2. The zero-order valence-electron chi connectivity index (χ0n) is 15.8. The monoisotopic (exact) mass is 400 g/mol. The van der Waals surface area contributed by atoms with Gasteiger partial charge in [0.2, 0.25) is 0 Å². The molecular formula is C20H20N2O5S. The summed E-state index contributed by atoms with van der Waals surface area (Å²) in [5.41, 5.74) is 2.55. The molecule has 146 valence electrons. The molecule has 0 aliphatic heterocycles. The topological polar surface area (TPSA) is 87.6 Å². The van der Waals surface area contributed by atoms with Crippen molar-refractivity contribution in [1.29, 1.82) is 0 Å². The van der Waals surface area contributed by atoms with Crippen LogP contribution in [0.2, 0.25) is 0 Å². The Morgan fingerprint density at radius 1 is 1.00 bits per heavy atom. The highest BCUT2D eigenvalue weighted by molar-refractivity contribution is 7.00. The normalized spacial score (nSPS) is 11.8. The first-order valence-electron chi connectivity index (χ1n) is 8.71. The summed E-state index contributed by atoms with van der Waals surface area (Å²) >= 11 is 1.10. The van der Waals surface area contributed by atoms with Gasteiger partial charge in [0, 0.05) is 12.0 Å². The van der Waals surface area contributed by atoms with Crippen molar-refractivity contribution < 1.29 is 23.8 Å². The van der Waals surface area contributed by atoms with Crippen molar-refractivity contribution in [2.75, 3.05) is 20.8 Å². The predicted molar refractivity (Wildman–Crippen MR) is 105 cm³/mol. The van der Waals surface area contributed by atoms with Gasteiger partial charge in [-0.1, -0.05) is 6.07 Å². The lowest BCUT2D eigenvalue weighted by Gasteiger charge is -2.16. The minimum atomic E-state index is -0.730. The molecule has 0 saturated heterocycles. The Balaban J connectivity index is 1.90. The number of Topliss-reactive ketones (excluding diaryl/α,β-unsaturated/α-hetero) is 1. The zero-order valence-corrected chi connectivity index (χ0v) is 16.6. The highest BCUT2D eigenvalue weighted by Gasteiger charge is 2.27. The van der Waals surface area contributed by atoms with Crippen molar-refractivity contribution in [1.82, 2.24) is 8.75 Å². The second-order valence-corrected chi connectivity index (χ2v) is 6.54. The molecule has 1 unspecified atom stereocenters. The van der Waals surface area contributed by atoms with E-state index in [-0.39, 0.29) is 18.8 Å². The molecule has 0 spiro atoms. The minimum Gasteiger partial charge on any atom is -0.493 e. The van der Waals surface area contributed by atoms with Crippen LogP contribution in [-0.2, 0) is 9.53 Å². The summed E-state index contributed by atoms with van der Waals surface area (Å²) in [4.78, 5) is 25.4. The predicted octanol–water partition coefficient (Wildman–Crippen LogP) is 3.63. The van der Waals surface area contributed by atoms with E-state index in [1.165, 1.54) is 14.2 Å². The average Bonchev–Trinajstić information content (AvgIpc) is 3.19. The number of methoxy groups -OCH3 is 2. The van der Waals surface area contributed by atoms with Gasteiger partial charge < -0.3 is 14.2 Å². The second-order valence-electron chi connectivity index (χ2n) is 6.01. The van der Waals surface area contributed by atoms with Gasteiger partial charge >= 0.3 is 5.97 Å². The number of hydrogen-bond donors (Lipinski definition) is 0.